The zero-order valence-electron chi connectivity index (χ0n) is 19.7. The first kappa shape index (κ1) is 23.3. The van der Waals surface area contributed by atoms with Crippen LogP contribution in [0.15, 0.2) is 84.9 Å². The van der Waals surface area contributed by atoms with Gasteiger partial charge in [0.05, 0.1) is 0 Å². The van der Waals surface area contributed by atoms with E-state index >= 15 is 0 Å². The van der Waals surface area contributed by atoms with E-state index in [4.69, 9.17) is 9.47 Å². The molecule has 1 aliphatic rings. The van der Waals surface area contributed by atoms with E-state index in [0.717, 1.165) is 38.7 Å². The summed E-state index contributed by atoms with van der Waals surface area (Å²) < 4.78 is 40.6. The normalized spacial score (nSPS) is 14.6. The van der Waals surface area contributed by atoms with Crippen LogP contribution in [-0.2, 0) is 0 Å². The van der Waals surface area contributed by atoms with E-state index < -0.39 is 15.8 Å². The van der Waals surface area contributed by atoms with Gasteiger partial charge in [-0.25, -0.2) is 8.39 Å². The second kappa shape index (κ2) is 9.77. The van der Waals surface area contributed by atoms with Crippen LogP contribution in [0, 0.1) is 0 Å². The molecule has 0 saturated carbocycles. The summed E-state index contributed by atoms with van der Waals surface area (Å²) in [4.78, 5) is 0. The van der Waals surface area contributed by atoms with Crippen molar-refractivity contribution in [3.8, 4) is 11.5 Å². The Morgan fingerprint density at radius 2 is 1.17 bits per heavy atom. The summed E-state index contributed by atoms with van der Waals surface area (Å²) in [5.74, 6) is 1.09. The van der Waals surface area contributed by atoms with Crippen molar-refractivity contribution in [2.75, 3.05) is 12.7 Å². The lowest BCUT2D eigenvalue weighted by Crippen LogP contribution is -2.21. The molecule has 0 N–H and O–H groups in total. The molecular formula is C30H24F2O2P2. The van der Waals surface area contributed by atoms with E-state index in [1.807, 2.05) is 42.5 Å². The third kappa shape index (κ3) is 4.69. The molecule has 1 aliphatic carbocycles. The number of ether oxygens (including phenoxy) is 2. The molecule has 6 heteroatoms. The van der Waals surface area contributed by atoms with Gasteiger partial charge in [0.15, 0.2) is 15.8 Å². The zero-order chi connectivity index (χ0) is 24.6. The van der Waals surface area contributed by atoms with Gasteiger partial charge in [-0.2, -0.15) is 0 Å². The maximum Gasteiger partial charge on any atom is 0.181 e. The van der Waals surface area contributed by atoms with Crippen LogP contribution in [0.3, 0.4) is 0 Å². The molecule has 5 aromatic rings. The molecule has 5 aromatic carbocycles. The van der Waals surface area contributed by atoms with Gasteiger partial charge >= 0.3 is 0 Å². The van der Waals surface area contributed by atoms with Crippen LogP contribution in [0.5, 0.6) is 11.5 Å². The second-order valence-electron chi connectivity index (χ2n) is 9.07. The van der Waals surface area contributed by atoms with Gasteiger partial charge in [0.2, 0.25) is 0 Å². The number of hydrogen-bond donors (Lipinski definition) is 0. The van der Waals surface area contributed by atoms with Gasteiger partial charge in [-0.15, -0.1) is 0 Å². The molecule has 0 aliphatic heterocycles. The van der Waals surface area contributed by atoms with Gasteiger partial charge < -0.3 is 9.47 Å². The molecule has 6 rings (SSSR count). The van der Waals surface area contributed by atoms with Crippen LogP contribution in [0.2, 0.25) is 0 Å². The fourth-order valence-corrected chi connectivity index (χ4v) is 6.54. The fraction of sp³-hybridized carbons (Fsp3) is 0.133. The van der Waals surface area contributed by atoms with Crippen molar-refractivity contribution in [1.29, 1.82) is 0 Å². The molecule has 0 bridgehead atoms. The Bertz CT molecular complexity index is 1730. The summed E-state index contributed by atoms with van der Waals surface area (Å²) in [7, 11) is -4.87. The third-order valence-electron chi connectivity index (χ3n) is 6.66. The molecule has 0 amide bonds. The number of halogens is 2. The lowest BCUT2D eigenvalue weighted by atomic mass is 10.0. The molecular weight excluding hydrogens is 492 g/mol. The van der Waals surface area contributed by atoms with E-state index in [-0.39, 0.29) is 12.7 Å². The number of benzene rings is 5. The minimum absolute atomic E-state index is 0.278. The molecule has 2 atom stereocenters. The van der Waals surface area contributed by atoms with Crippen molar-refractivity contribution >= 4 is 59.8 Å². The van der Waals surface area contributed by atoms with Crippen molar-refractivity contribution < 1.29 is 17.9 Å². The van der Waals surface area contributed by atoms with E-state index in [1.165, 1.54) is 16.0 Å². The predicted molar refractivity (Wildman–Crippen MR) is 150 cm³/mol. The highest BCUT2D eigenvalue weighted by atomic mass is 32.1. The Morgan fingerprint density at radius 3 is 1.81 bits per heavy atom. The standard InChI is InChI=1S/C30H24F2O2P2/c1-20-6-7-25-13-24-9-11-29(16-27(24)17-30(20)25)34-19-36(32)35(31)18-33-28-10-8-23-12-21-4-2-3-5-22(21)14-26(23)15-28/h2-5,7-17H,6,18-19H2,1H3. The highest BCUT2D eigenvalue weighted by molar-refractivity contribution is 8.25. The van der Waals surface area contributed by atoms with Gasteiger partial charge in [0.1, 0.15) is 24.2 Å². The van der Waals surface area contributed by atoms with Crippen LogP contribution in [0.25, 0.3) is 44.0 Å². The maximum atomic E-state index is 14.7. The molecule has 2 nitrogen and oxygen atoms in total. The second-order valence-corrected chi connectivity index (χ2v) is 13.5. The van der Waals surface area contributed by atoms with E-state index in [9.17, 15) is 8.39 Å². The van der Waals surface area contributed by atoms with Crippen molar-refractivity contribution in [3.63, 3.8) is 0 Å². The van der Waals surface area contributed by atoms with Crippen LogP contribution >= 0.6 is 15.8 Å². The van der Waals surface area contributed by atoms with Gasteiger partial charge in [-0.3, -0.25) is 0 Å². The Morgan fingerprint density at radius 1 is 0.639 bits per heavy atom. The smallest absolute Gasteiger partial charge is 0.181 e. The summed E-state index contributed by atoms with van der Waals surface area (Å²) in [6, 6.07) is 28.0. The van der Waals surface area contributed by atoms with Crippen molar-refractivity contribution in [1.82, 2.24) is 0 Å². The van der Waals surface area contributed by atoms with Crippen LogP contribution in [-0.4, -0.2) is 12.7 Å². The topological polar surface area (TPSA) is 18.5 Å². The van der Waals surface area contributed by atoms with Gasteiger partial charge in [0, 0.05) is 0 Å². The first-order valence-corrected chi connectivity index (χ1v) is 15.4. The van der Waals surface area contributed by atoms with Gasteiger partial charge in [0.25, 0.3) is 0 Å². The lowest BCUT2D eigenvalue weighted by molar-refractivity contribution is 0.379. The number of hydrogen-bond acceptors (Lipinski definition) is 2. The Balaban J connectivity index is 1.09. The maximum absolute atomic E-state index is 14.7. The molecule has 0 aromatic heterocycles. The molecule has 36 heavy (non-hydrogen) atoms. The summed E-state index contributed by atoms with van der Waals surface area (Å²) in [5.41, 5.74) is 1.34. The summed E-state index contributed by atoms with van der Waals surface area (Å²) >= 11 is 0. The van der Waals surface area contributed by atoms with Crippen molar-refractivity contribution in [3.05, 3.63) is 95.4 Å². The largest absolute Gasteiger partial charge is 0.486 e. The Labute approximate surface area is 210 Å². The van der Waals surface area contributed by atoms with Gasteiger partial charge in [-0.1, -0.05) is 48.0 Å². The average Bonchev–Trinajstić information content (AvgIpc) is 3.26. The molecule has 0 heterocycles. The van der Waals surface area contributed by atoms with Crippen LogP contribution < -0.4 is 19.9 Å². The zero-order valence-corrected chi connectivity index (χ0v) is 21.5. The van der Waals surface area contributed by atoms with Crippen LogP contribution in [0.1, 0.15) is 13.3 Å². The molecule has 0 radical (unpaired) electrons. The van der Waals surface area contributed by atoms with E-state index in [0.29, 0.717) is 11.5 Å². The summed E-state index contributed by atoms with van der Waals surface area (Å²) in [6.45, 7) is 2.14. The first-order chi connectivity index (χ1) is 17.5. The Kier molecular flexibility index (Phi) is 6.34. The quantitative estimate of drug-likeness (QED) is 0.159. The predicted octanol–water partition coefficient (Wildman–Crippen LogP) is 8.52. The number of fused-ring (bicyclic) bond motifs is 4. The lowest BCUT2D eigenvalue weighted by Gasteiger charge is -2.15. The third-order valence-corrected chi connectivity index (χ3v) is 9.92. The number of rotatable bonds is 7. The molecule has 0 spiro atoms. The molecule has 2 unspecified atom stereocenters. The highest BCUT2D eigenvalue weighted by Gasteiger charge is 2.24. The highest BCUT2D eigenvalue weighted by Crippen LogP contribution is 2.70. The fourth-order valence-electron chi connectivity index (χ4n) is 4.68. The minimum Gasteiger partial charge on any atom is -0.486 e. The van der Waals surface area contributed by atoms with E-state index in [2.05, 4.69) is 49.4 Å². The summed E-state index contributed by atoms with van der Waals surface area (Å²) in [5, 5.41) is 9.03. The first-order valence-electron chi connectivity index (χ1n) is 11.8. The monoisotopic (exact) mass is 516 g/mol. The van der Waals surface area contributed by atoms with Crippen molar-refractivity contribution in [2.24, 2.45) is 0 Å². The SMILES string of the molecule is CC1=c2cc3cc(OCP(F)P(F)COc4ccc5cc6ccccc6cc5c4)ccc3cc2=CC1. The minimum atomic E-state index is -2.43. The van der Waals surface area contributed by atoms with Crippen molar-refractivity contribution in [2.45, 2.75) is 13.3 Å². The average molecular weight is 516 g/mol. The molecule has 180 valence electrons. The van der Waals surface area contributed by atoms with Gasteiger partial charge in [-0.05, 0) is 105 Å². The molecule has 0 fully saturated rings. The molecule has 0 saturated heterocycles. The van der Waals surface area contributed by atoms with Crippen LogP contribution in [0.4, 0.5) is 8.39 Å². The summed E-state index contributed by atoms with van der Waals surface area (Å²) in [6.07, 6.45) is 2.64. The van der Waals surface area contributed by atoms with E-state index in [1.54, 1.807) is 6.07 Å². The Hall–Kier alpha value is -3.06.